The summed E-state index contributed by atoms with van der Waals surface area (Å²) < 4.78 is 15.5. The fourth-order valence-electron chi connectivity index (χ4n) is 4.54. The third-order valence-corrected chi connectivity index (χ3v) is 6.02. The van der Waals surface area contributed by atoms with Gasteiger partial charge in [-0.2, -0.15) is 0 Å². The highest BCUT2D eigenvalue weighted by molar-refractivity contribution is 6.11. The number of urea groups is 1. The zero-order valence-corrected chi connectivity index (χ0v) is 18.8. The fraction of sp³-hybridized carbons (Fsp3) is 0.458. The van der Waals surface area contributed by atoms with Crippen molar-refractivity contribution in [1.29, 1.82) is 0 Å². The van der Waals surface area contributed by atoms with Crippen LogP contribution in [0.1, 0.15) is 73.4 Å². The number of carbonyl (C=O) groups excluding carboxylic acids is 3. The molecule has 7 heteroatoms. The van der Waals surface area contributed by atoms with Crippen molar-refractivity contribution in [3.63, 3.8) is 0 Å². The lowest BCUT2D eigenvalue weighted by atomic mass is 9.84. The summed E-state index contributed by atoms with van der Waals surface area (Å²) in [5.74, 6) is -1.17. The summed E-state index contributed by atoms with van der Waals surface area (Å²) in [5.41, 5.74) is 1.53. The van der Waals surface area contributed by atoms with Crippen molar-refractivity contribution in [1.82, 2.24) is 14.8 Å². The summed E-state index contributed by atoms with van der Waals surface area (Å²) in [7, 11) is 0. The van der Waals surface area contributed by atoms with Gasteiger partial charge in [0.25, 0.3) is 5.91 Å². The molecule has 0 radical (unpaired) electrons. The Labute approximate surface area is 182 Å². The Kier molecular flexibility index (Phi) is 6.34. The molecule has 1 atom stereocenters. The van der Waals surface area contributed by atoms with Gasteiger partial charge in [0.05, 0.1) is 6.54 Å². The number of unbranched alkanes of at least 4 members (excludes halogenated alkanes) is 1. The maximum absolute atomic E-state index is 13.5. The Bertz CT molecular complexity index is 1010. The van der Waals surface area contributed by atoms with Gasteiger partial charge in [0, 0.05) is 23.0 Å². The van der Waals surface area contributed by atoms with E-state index in [1.807, 2.05) is 34.6 Å². The Balaban J connectivity index is 1.92. The molecule has 2 heterocycles. The van der Waals surface area contributed by atoms with E-state index in [4.69, 9.17) is 0 Å². The van der Waals surface area contributed by atoms with E-state index in [0.717, 1.165) is 22.7 Å². The molecule has 1 N–H and O–H groups in total. The summed E-state index contributed by atoms with van der Waals surface area (Å²) in [6, 6.07) is 6.99. The van der Waals surface area contributed by atoms with Crippen LogP contribution in [-0.4, -0.2) is 33.7 Å². The molecule has 0 aliphatic carbocycles. The highest BCUT2D eigenvalue weighted by Crippen LogP contribution is 2.34. The van der Waals surface area contributed by atoms with Crippen molar-refractivity contribution in [3.8, 4) is 0 Å². The Hall–Kier alpha value is -2.96. The van der Waals surface area contributed by atoms with Gasteiger partial charge in [-0.05, 0) is 57.9 Å². The van der Waals surface area contributed by atoms with E-state index in [0.29, 0.717) is 24.0 Å². The Morgan fingerprint density at radius 2 is 1.81 bits per heavy atom. The molecule has 2 aromatic rings. The normalized spacial score (nSPS) is 18.7. The first kappa shape index (κ1) is 22.7. The summed E-state index contributed by atoms with van der Waals surface area (Å²) in [4.78, 5) is 40.3. The minimum atomic E-state index is -1.28. The van der Waals surface area contributed by atoms with Gasteiger partial charge in [0.1, 0.15) is 11.4 Å². The van der Waals surface area contributed by atoms with Crippen LogP contribution in [0.5, 0.6) is 0 Å². The number of carbonyl (C=O) groups is 3. The molecular formula is C24H30FN3O3. The fourth-order valence-corrected chi connectivity index (χ4v) is 4.54. The highest BCUT2D eigenvalue weighted by Gasteiger charge is 2.52. The van der Waals surface area contributed by atoms with E-state index in [1.54, 1.807) is 6.07 Å². The Morgan fingerprint density at radius 1 is 1.16 bits per heavy atom. The van der Waals surface area contributed by atoms with Crippen molar-refractivity contribution >= 4 is 17.7 Å². The first-order valence-corrected chi connectivity index (χ1v) is 10.7. The van der Waals surface area contributed by atoms with Crippen molar-refractivity contribution < 1.29 is 18.8 Å². The summed E-state index contributed by atoms with van der Waals surface area (Å²) in [6.45, 7) is 9.54. The summed E-state index contributed by atoms with van der Waals surface area (Å²) >= 11 is 0. The van der Waals surface area contributed by atoms with Crippen LogP contribution in [0.4, 0.5) is 9.18 Å². The second-order valence-corrected chi connectivity index (χ2v) is 8.51. The zero-order chi connectivity index (χ0) is 22.9. The number of nitrogens with zero attached hydrogens (tertiary/aromatic N) is 2. The zero-order valence-electron chi connectivity index (χ0n) is 18.8. The van der Waals surface area contributed by atoms with Gasteiger partial charge in [-0.25, -0.2) is 9.18 Å². The van der Waals surface area contributed by atoms with E-state index in [-0.39, 0.29) is 18.4 Å². The van der Waals surface area contributed by atoms with E-state index >= 15 is 0 Å². The van der Waals surface area contributed by atoms with Crippen molar-refractivity contribution in [2.75, 3.05) is 6.54 Å². The number of amides is 3. The number of Topliss-reactive ketones (excluding diaryl/α,β-unsaturated/α-hetero) is 1. The lowest BCUT2D eigenvalue weighted by Gasteiger charge is -2.27. The largest absolute Gasteiger partial charge is 0.346 e. The predicted molar refractivity (Wildman–Crippen MR) is 116 cm³/mol. The maximum Gasteiger partial charge on any atom is 0.325 e. The van der Waals surface area contributed by atoms with Gasteiger partial charge in [-0.1, -0.05) is 31.9 Å². The van der Waals surface area contributed by atoms with Crippen LogP contribution in [-0.2, 0) is 10.3 Å². The number of hydrogen-bond acceptors (Lipinski definition) is 3. The number of rotatable bonds is 8. The van der Waals surface area contributed by atoms with Crippen LogP contribution >= 0.6 is 0 Å². The maximum atomic E-state index is 13.5. The summed E-state index contributed by atoms with van der Waals surface area (Å²) in [6.07, 6.45) is 1.90. The Morgan fingerprint density at radius 3 is 2.35 bits per heavy atom. The number of benzene rings is 1. The molecule has 6 nitrogen and oxygen atoms in total. The first-order valence-electron chi connectivity index (χ1n) is 10.7. The molecule has 166 valence electrons. The number of hydrogen-bond donors (Lipinski definition) is 1. The first-order chi connectivity index (χ1) is 14.6. The van der Waals surface area contributed by atoms with Gasteiger partial charge >= 0.3 is 6.03 Å². The molecule has 0 bridgehead atoms. The highest BCUT2D eigenvalue weighted by atomic mass is 19.1. The van der Waals surface area contributed by atoms with E-state index in [2.05, 4.69) is 9.88 Å². The molecule has 1 saturated heterocycles. The molecule has 1 fully saturated rings. The third-order valence-electron chi connectivity index (χ3n) is 6.02. The number of nitrogens with one attached hydrogen (secondary N) is 1. The number of imide groups is 1. The standard InChI is InChI=1S/C24H30FN3O3/c1-6-7-12-24(18-8-10-19(25)11-9-18)22(30)27(23(31)26-24)14-21(29)20-13-16(4)28(15(2)3)17(20)5/h8-11,13,15H,6-7,12,14H2,1-5H3,(H,26,31). The second kappa shape index (κ2) is 8.65. The molecule has 1 aliphatic rings. The average Bonchev–Trinajstić information content (AvgIpc) is 3.15. The third kappa shape index (κ3) is 4.01. The molecular weight excluding hydrogens is 397 g/mol. The summed E-state index contributed by atoms with van der Waals surface area (Å²) in [5, 5.41) is 2.80. The molecule has 0 saturated carbocycles. The smallest absolute Gasteiger partial charge is 0.325 e. The minimum Gasteiger partial charge on any atom is -0.346 e. The van der Waals surface area contributed by atoms with Gasteiger partial charge < -0.3 is 9.88 Å². The topological polar surface area (TPSA) is 71.4 Å². The van der Waals surface area contributed by atoms with E-state index < -0.39 is 23.3 Å². The molecule has 3 rings (SSSR count). The van der Waals surface area contributed by atoms with Crippen molar-refractivity contribution in [2.45, 2.75) is 65.5 Å². The van der Waals surface area contributed by atoms with Crippen LogP contribution in [0.3, 0.4) is 0 Å². The lowest BCUT2D eigenvalue weighted by Crippen LogP contribution is -2.44. The molecule has 1 aromatic heterocycles. The predicted octanol–water partition coefficient (Wildman–Crippen LogP) is 4.65. The van der Waals surface area contributed by atoms with Crippen LogP contribution in [0.2, 0.25) is 0 Å². The molecule has 1 aliphatic heterocycles. The van der Waals surface area contributed by atoms with Crippen molar-refractivity contribution in [3.05, 3.63) is 58.7 Å². The van der Waals surface area contributed by atoms with Crippen LogP contribution in [0, 0.1) is 19.7 Å². The number of aromatic nitrogens is 1. The monoisotopic (exact) mass is 427 g/mol. The SMILES string of the molecule is CCCCC1(c2ccc(F)cc2)NC(=O)N(CC(=O)c2cc(C)n(C(C)C)c2C)C1=O. The number of halogens is 1. The second-order valence-electron chi connectivity index (χ2n) is 8.51. The molecule has 0 spiro atoms. The lowest BCUT2D eigenvalue weighted by molar-refractivity contribution is -0.131. The van der Waals surface area contributed by atoms with Crippen molar-refractivity contribution in [2.24, 2.45) is 0 Å². The molecule has 31 heavy (non-hydrogen) atoms. The molecule has 1 unspecified atom stereocenters. The molecule has 3 amide bonds. The van der Waals surface area contributed by atoms with Crippen LogP contribution < -0.4 is 5.32 Å². The molecule has 1 aromatic carbocycles. The number of aryl methyl sites for hydroxylation is 1. The van der Waals surface area contributed by atoms with E-state index in [9.17, 15) is 18.8 Å². The average molecular weight is 428 g/mol. The van der Waals surface area contributed by atoms with Gasteiger partial charge in [0.2, 0.25) is 0 Å². The van der Waals surface area contributed by atoms with Crippen LogP contribution in [0.25, 0.3) is 0 Å². The minimum absolute atomic E-state index is 0.193. The van der Waals surface area contributed by atoms with Crippen LogP contribution in [0.15, 0.2) is 30.3 Å². The quantitative estimate of drug-likeness (QED) is 0.493. The van der Waals surface area contributed by atoms with Gasteiger partial charge in [-0.15, -0.1) is 0 Å². The van der Waals surface area contributed by atoms with E-state index in [1.165, 1.54) is 24.3 Å². The van der Waals surface area contributed by atoms with Gasteiger partial charge in [-0.3, -0.25) is 14.5 Å². The van der Waals surface area contributed by atoms with Gasteiger partial charge in [0.15, 0.2) is 5.78 Å². The number of ketones is 1.